The highest BCUT2D eigenvalue weighted by molar-refractivity contribution is 6.30. The largest absolute Gasteiger partial charge is 0.444 e. The van der Waals surface area contributed by atoms with Gasteiger partial charge in [0.15, 0.2) is 0 Å². The minimum atomic E-state index is -1.04. The van der Waals surface area contributed by atoms with Crippen molar-refractivity contribution < 1.29 is 19.4 Å². The minimum Gasteiger partial charge on any atom is -0.444 e. The van der Waals surface area contributed by atoms with Crippen LogP contribution in [0.2, 0.25) is 5.02 Å². The first-order valence-corrected chi connectivity index (χ1v) is 9.72. The van der Waals surface area contributed by atoms with Gasteiger partial charge in [-0.3, -0.25) is 4.79 Å². The second-order valence-corrected chi connectivity index (χ2v) is 8.77. The van der Waals surface area contributed by atoms with Gasteiger partial charge in [0.05, 0.1) is 6.04 Å². The molecule has 0 radical (unpaired) electrons. The molecule has 6 nitrogen and oxygen atoms in total. The van der Waals surface area contributed by atoms with Gasteiger partial charge in [0.1, 0.15) is 11.7 Å². The van der Waals surface area contributed by atoms with Crippen LogP contribution in [0.5, 0.6) is 0 Å². The lowest BCUT2D eigenvalue weighted by molar-refractivity contribution is -0.139. The minimum absolute atomic E-state index is 0.117. The molecule has 2 heterocycles. The molecule has 2 amide bonds. The number of aliphatic hydroxyl groups is 1. The highest BCUT2D eigenvalue weighted by atomic mass is 35.5. The Hall–Kier alpha value is -1.79. The maximum absolute atomic E-state index is 12.7. The topological polar surface area (TPSA) is 70.1 Å². The molecule has 0 aliphatic carbocycles. The van der Waals surface area contributed by atoms with E-state index in [4.69, 9.17) is 16.3 Å². The number of likely N-dealkylation sites (tertiary alicyclic amines) is 1. The lowest BCUT2D eigenvalue weighted by atomic mass is 9.96. The molecule has 1 fully saturated rings. The van der Waals surface area contributed by atoms with Gasteiger partial charge >= 0.3 is 6.09 Å². The lowest BCUT2D eigenvalue weighted by Crippen LogP contribution is -2.36. The number of benzene rings is 1. The Balaban J connectivity index is 1.90. The van der Waals surface area contributed by atoms with Gasteiger partial charge in [0.2, 0.25) is 0 Å². The quantitative estimate of drug-likeness (QED) is 0.831. The van der Waals surface area contributed by atoms with E-state index >= 15 is 0 Å². The van der Waals surface area contributed by atoms with Crippen LogP contribution < -0.4 is 0 Å². The summed E-state index contributed by atoms with van der Waals surface area (Å²) in [6.07, 6.45) is 0.356. The van der Waals surface area contributed by atoms with Crippen molar-refractivity contribution in [3.63, 3.8) is 0 Å². The van der Waals surface area contributed by atoms with Crippen LogP contribution in [-0.4, -0.2) is 45.2 Å². The first-order valence-electron chi connectivity index (χ1n) is 9.34. The third kappa shape index (κ3) is 4.22. The van der Waals surface area contributed by atoms with Gasteiger partial charge in [-0.2, -0.15) is 0 Å². The van der Waals surface area contributed by atoms with Gasteiger partial charge in [-0.1, -0.05) is 11.6 Å². The maximum atomic E-state index is 12.7. The molecule has 2 aliphatic rings. The van der Waals surface area contributed by atoms with E-state index in [2.05, 4.69) is 0 Å². The summed E-state index contributed by atoms with van der Waals surface area (Å²) in [5.41, 5.74) is 2.42. The van der Waals surface area contributed by atoms with Crippen molar-refractivity contribution in [3.05, 3.63) is 33.8 Å². The van der Waals surface area contributed by atoms with Crippen molar-refractivity contribution in [1.82, 2.24) is 9.80 Å². The summed E-state index contributed by atoms with van der Waals surface area (Å²) in [7, 11) is 0. The maximum Gasteiger partial charge on any atom is 0.410 e. The molecular formula is C20H27ClN2O4. The van der Waals surface area contributed by atoms with Crippen molar-refractivity contribution in [2.45, 2.75) is 71.4 Å². The Labute approximate surface area is 165 Å². The predicted octanol–water partition coefficient (Wildman–Crippen LogP) is 3.64. The van der Waals surface area contributed by atoms with Crippen LogP contribution in [0.15, 0.2) is 12.1 Å². The molecule has 2 unspecified atom stereocenters. The van der Waals surface area contributed by atoms with Gasteiger partial charge in [-0.05, 0) is 69.4 Å². The number of hydrogen-bond donors (Lipinski definition) is 1. The van der Waals surface area contributed by atoms with Crippen molar-refractivity contribution in [2.75, 3.05) is 6.54 Å². The third-order valence-corrected chi connectivity index (χ3v) is 5.18. The second kappa shape index (κ2) is 7.32. The Morgan fingerprint density at radius 3 is 2.63 bits per heavy atom. The zero-order chi connectivity index (χ0) is 19.9. The molecule has 0 aromatic heterocycles. The fraction of sp³-hybridized carbons (Fsp3) is 0.600. The van der Waals surface area contributed by atoms with Crippen molar-refractivity contribution >= 4 is 23.6 Å². The van der Waals surface area contributed by atoms with E-state index in [1.807, 2.05) is 32.9 Å². The molecule has 2 aliphatic heterocycles. The van der Waals surface area contributed by atoms with Gasteiger partial charge in [-0.15, -0.1) is 0 Å². The van der Waals surface area contributed by atoms with Crippen LogP contribution in [0.3, 0.4) is 0 Å². The van der Waals surface area contributed by atoms with Gasteiger partial charge < -0.3 is 19.6 Å². The normalized spacial score (nSPS) is 20.6. The number of hydrogen-bond acceptors (Lipinski definition) is 4. The molecule has 1 aromatic carbocycles. The van der Waals surface area contributed by atoms with E-state index in [1.54, 1.807) is 9.80 Å². The first-order chi connectivity index (χ1) is 12.6. The van der Waals surface area contributed by atoms with Gasteiger partial charge in [-0.25, -0.2) is 4.79 Å². The van der Waals surface area contributed by atoms with Crippen LogP contribution in [0.4, 0.5) is 4.79 Å². The number of amides is 2. The molecule has 0 bridgehead atoms. The Bertz CT molecular complexity index is 757. The predicted molar refractivity (Wildman–Crippen MR) is 102 cm³/mol. The molecule has 0 spiro atoms. The summed E-state index contributed by atoms with van der Waals surface area (Å²) in [6.45, 7) is 8.51. The van der Waals surface area contributed by atoms with Crippen LogP contribution in [0.1, 0.15) is 63.3 Å². The molecule has 148 valence electrons. The monoisotopic (exact) mass is 394 g/mol. The van der Waals surface area contributed by atoms with Crippen LogP contribution in [0, 0.1) is 0 Å². The summed E-state index contributed by atoms with van der Waals surface area (Å²) < 4.78 is 5.57. The molecule has 27 heavy (non-hydrogen) atoms. The molecule has 2 atom stereocenters. The smallest absolute Gasteiger partial charge is 0.410 e. The molecule has 1 N–H and O–H groups in total. The Morgan fingerprint density at radius 1 is 1.30 bits per heavy atom. The summed E-state index contributed by atoms with van der Waals surface area (Å²) in [5.74, 6) is -0.302. The number of ether oxygens (including phenoxy) is 1. The highest BCUT2D eigenvalue weighted by Gasteiger charge is 2.37. The molecule has 1 aromatic rings. The van der Waals surface area contributed by atoms with Crippen LogP contribution in [-0.2, 0) is 22.6 Å². The zero-order valence-electron chi connectivity index (χ0n) is 16.3. The number of carbonyl (C=O) groups is 2. The average molecular weight is 395 g/mol. The summed E-state index contributed by atoms with van der Waals surface area (Å²) in [5, 5.41) is 10.2. The fourth-order valence-corrected chi connectivity index (χ4v) is 4.10. The summed E-state index contributed by atoms with van der Waals surface area (Å²) >= 11 is 6.34. The number of aliphatic hydroxyl groups excluding tert-OH is 1. The average Bonchev–Trinajstić information content (AvgIpc) is 3.18. The van der Waals surface area contributed by atoms with Crippen molar-refractivity contribution in [2.24, 2.45) is 0 Å². The number of nitrogens with zero attached hydrogens (tertiary/aromatic N) is 2. The highest BCUT2D eigenvalue weighted by Crippen LogP contribution is 2.40. The fourth-order valence-electron chi connectivity index (χ4n) is 3.85. The number of fused-ring (bicyclic) bond motifs is 1. The number of carbonyl (C=O) groups excluding carboxylic acids is 2. The zero-order valence-corrected chi connectivity index (χ0v) is 17.0. The second-order valence-electron chi connectivity index (χ2n) is 8.33. The van der Waals surface area contributed by atoms with E-state index in [0.29, 0.717) is 24.7 Å². The molecule has 7 heteroatoms. The Kier molecular flexibility index (Phi) is 5.41. The van der Waals surface area contributed by atoms with Crippen molar-refractivity contribution in [1.29, 1.82) is 0 Å². The molecule has 0 saturated carbocycles. The summed E-state index contributed by atoms with van der Waals surface area (Å²) in [6, 6.07) is 3.64. The lowest BCUT2D eigenvalue weighted by Gasteiger charge is -2.30. The Morgan fingerprint density at radius 2 is 2.00 bits per heavy atom. The third-order valence-electron chi connectivity index (χ3n) is 4.96. The van der Waals surface area contributed by atoms with E-state index in [0.717, 1.165) is 29.5 Å². The van der Waals surface area contributed by atoms with E-state index in [9.17, 15) is 14.7 Å². The number of rotatable bonds is 2. The summed E-state index contributed by atoms with van der Waals surface area (Å²) in [4.78, 5) is 28.3. The standard InChI is InChI=1S/C20H27ClN2O4/c1-12(24)18(25)22-10-13-8-14(21)9-15(16(13)11-22)17-6-5-7-23(17)19(26)27-20(2,3)4/h8-9,12,17,24H,5-7,10-11H2,1-4H3. The van der Waals surface area contributed by atoms with Crippen LogP contribution >= 0.6 is 11.6 Å². The van der Waals surface area contributed by atoms with Gasteiger partial charge in [0, 0.05) is 24.7 Å². The molecular weight excluding hydrogens is 368 g/mol. The van der Waals surface area contributed by atoms with Gasteiger partial charge in [0.25, 0.3) is 5.91 Å². The van der Waals surface area contributed by atoms with E-state index in [1.165, 1.54) is 6.92 Å². The van der Waals surface area contributed by atoms with E-state index < -0.39 is 11.7 Å². The van der Waals surface area contributed by atoms with Crippen molar-refractivity contribution in [3.8, 4) is 0 Å². The van der Waals surface area contributed by atoms with E-state index in [-0.39, 0.29) is 18.0 Å². The molecule has 1 saturated heterocycles. The first kappa shape index (κ1) is 20.0. The SMILES string of the molecule is CC(O)C(=O)N1Cc2cc(Cl)cc(C3CCCN3C(=O)OC(C)(C)C)c2C1. The van der Waals surface area contributed by atoms with Crippen LogP contribution in [0.25, 0.3) is 0 Å². The number of halogens is 1. The molecule has 3 rings (SSSR count).